The summed E-state index contributed by atoms with van der Waals surface area (Å²) in [7, 11) is 0. The first-order valence-corrected chi connectivity index (χ1v) is 7.32. The minimum atomic E-state index is -0.0774. The molecule has 0 saturated heterocycles. The Hall–Kier alpha value is -1.80. The van der Waals surface area contributed by atoms with Gasteiger partial charge in [0.05, 0.1) is 12.6 Å². The van der Waals surface area contributed by atoms with Crippen molar-refractivity contribution in [3.05, 3.63) is 65.2 Å². The van der Waals surface area contributed by atoms with Crippen LogP contribution in [0, 0.1) is 0 Å². The number of hydrogen-bond donors (Lipinski definition) is 1. The molecule has 0 aliphatic carbocycles. The lowest BCUT2D eigenvalue weighted by Crippen LogP contribution is -2.13. The Morgan fingerprint density at radius 1 is 1.00 bits per heavy atom. The number of nitrogens with two attached hydrogens (primary N) is 1. The fourth-order valence-electron chi connectivity index (χ4n) is 2.33. The summed E-state index contributed by atoms with van der Waals surface area (Å²) in [5, 5.41) is 0. The van der Waals surface area contributed by atoms with Crippen LogP contribution in [0.25, 0.3) is 0 Å². The van der Waals surface area contributed by atoms with Crippen molar-refractivity contribution in [1.82, 2.24) is 0 Å². The number of ether oxygens (including phenoxy) is 1. The Morgan fingerprint density at radius 2 is 1.70 bits per heavy atom. The molecule has 0 radical (unpaired) electrons. The van der Waals surface area contributed by atoms with Crippen LogP contribution in [0.4, 0.5) is 0 Å². The predicted octanol–water partition coefficient (Wildman–Crippen LogP) is 4.09. The van der Waals surface area contributed by atoms with Gasteiger partial charge in [-0.2, -0.15) is 0 Å². The summed E-state index contributed by atoms with van der Waals surface area (Å²) in [5.74, 6) is 0.909. The van der Waals surface area contributed by atoms with Crippen LogP contribution in [0.5, 0.6) is 5.75 Å². The monoisotopic (exact) mass is 269 g/mol. The van der Waals surface area contributed by atoms with Gasteiger partial charge in [0.25, 0.3) is 0 Å². The van der Waals surface area contributed by atoms with Crippen LogP contribution >= 0.6 is 0 Å². The van der Waals surface area contributed by atoms with Crippen LogP contribution in [0.1, 0.15) is 43.0 Å². The molecule has 2 nitrogen and oxygen atoms in total. The van der Waals surface area contributed by atoms with Crippen molar-refractivity contribution >= 4 is 0 Å². The van der Waals surface area contributed by atoms with E-state index in [4.69, 9.17) is 10.5 Å². The average Bonchev–Trinajstić information content (AvgIpc) is 2.52. The van der Waals surface area contributed by atoms with Crippen molar-refractivity contribution < 1.29 is 4.74 Å². The molecule has 0 heterocycles. The Morgan fingerprint density at radius 3 is 2.35 bits per heavy atom. The largest absolute Gasteiger partial charge is 0.494 e. The highest BCUT2D eigenvalue weighted by molar-refractivity contribution is 5.39. The molecule has 2 aromatic carbocycles. The predicted molar refractivity (Wildman–Crippen MR) is 84.1 cm³/mol. The number of rotatable bonds is 6. The first-order valence-electron chi connectivity index (χ1n) is 7.32. The minimum absolute atomic E-state index is 0.0774. The van der Waals surface area contributed by atoms with Gasteiger partial charge in [-0.05, 0) is 41.7 Å². The molecule has 0 aliphatic heterocycles. The van der Waals surface area contributed by atoms with Gasteiger partial charge in [-0.3, -0.25) is 0 Å². The van der Waals surface area contributed by atoms with E-state index in [9.17, 15) is 0 Å². The van der Waals surface area contributed by atoms with E-state index in [1.54, 1.807) is 0 Å². The van der Waals surface area contributed by atoms with E-state index in [2.05, 4.69) is 44.2 Å². The second kappa shape index (κ2) is 7.11. The van der Waals surface area contributed by atoms with Crippen LogP contribution in [-0.2, 0) is 6.42 Å². The first-order chi connectivity index (χ1) is 9.76. The number of benzene rings is 2. The summed E-state index contributed by atoms with van der Waals surface area (Å²) in [4.78, 5) is 0. The molecule has 20 heavy (non-hydrogen) atoms. The maximum absolute atomic E-state index is 6.40. The van der Waals surface area contributed by atoms with E-state index >= 15 is 0 Å². The maximum atomic E-state index is 6.40. The van der Waals surface area contributed by atoms with Gasteiger partial charge in [0.2, 0.25) is 0 Å². The third-order valence-electron chi connectivity index (χ3n) is 3.48. The zero-order chi connectivity index (χ0) is 14.4. The molecule has 2 aromatic rings. The Kier molecular flexibility index (Phi) is 5.19. The fraction of sp³-hybridized carbons (Fsp3) is 0.333. The quantitative estimate of drug-likeness (QED) is 0.857. The van der Waals surface area contributed by atoms with Crippen LogP contribution in [0.15, 0.2) is 48.5 Å². The van der Waals surface area contributed by atoms with Crippen molar-refractivity contribution in [3.8, 4) is 5.75 Å². The summed E-state index contributed by atoms with van der Waals surface area (Å²) in [6.07, 6.45) is 2.02. The standard InChI is InChI=1S/C18H23NO/c1-3-13-20-16-11-9-15(10-12-16)18(19)17-8-6-5-7-14(17)4-2/h5-12,18H,3-4,13,19H2,1-2H3. The van der Waals surface area contributed by atoms with Crippen molar-refractivity contribution in [2.75, 3.05) is 6.61 Å². The number of aryl methyl sites for hydroxylation is 1. The molecule has 0 fully saturated rings. The molecule has 0 spiro atoms. The molecular formula is C18H23NO. The van der Waals surface area contributed by atoms with Gasteiger partial charge in [0.1, 0.15) is 5.75 Å². The second-order valence-corrected chi connectivity index (χ2v) is 4.95. The molecule has 0 aromatic heterocycles. The lowest BCUT2D eigenvalue weighted by atomic mass is 9.94. The van der Waals surface area contributed by atoms with Gasteiger partial charge in [0, 0.05) is 0 Å². The van der Waals surface area contributed by atoms with Gasteiger partial charge in [-0.25, -0.2) is 0 Å². The average molecular weight is 269 g/mol. The summed E-state index contributed by atoms with van der Waals surface area (Å²) >= 11 is 0. The maximum Gasteiger partial charge on any atom is 0.119 e. The highest BCUT2D eigenvalue weighted by atomic mass is 16.5. The molecule has 2 rings (SSSR count). The van der Waals surface area contributed by atoms with Gasteiger partial charge in [-0.15, -0.1) is 0 Å². The topological polar surface area (TPSA) is 35.2 Å². The van der Waals surface area contributed by atoms with Crippen molar-refractivity contribution in [2.24, 2.45) is 5.73 Å². The van der Waals surface area contributed by atoms with Gasteiger partial charge >= 0.3 is 0 Å². The minimum Gasteiger partial charge on any atom is -0.494 e. The zero-order valence-electron chi connectivity index (χ0n) is 12.3. The van der Waals surface area contributed by atoms with E-state index in [0.29, 0.717) is 0 Å². The highest BCUT2D eigenvalue weighted by Gasteiger charge is 2.11. The van der Waals surface area contributed by atoms with Crippen LogP contribution < -0.4 is 10.5 Å². The first kappa shape index (κ1) is 14.6. The van der Waals surface area contributed by atoms with Gasteiger partial charge in [-0.1, -0.05) is 50.2 Å². The lowest BCUT2D eigenvalue weighted by Gasteiger charge is -2.16. The van der Waals surface area contributed by atoms with E-state index in [1.165, 1.54) is 11.1 Å². The summed E-state index contributed by atoms with van der Waals surface area (Å²) in [6.45, 7) is 5.02. The van der Waals surface area contributed by atoms with Crippen molar-refractivity contribution in [2.45, 2.75) is 32.7 Å². The molecule has 2 heteroatoms. The van der Waals surface area contributed by atoms with Crippen LogP contribution in [0.2, 0.25) is 0 Å². The third-order valence-corrected chi connectivity index (χ3v) is 3.48. The lowest BCUT2D eigenvalue weighted by molar-refractivity contribution is 0.317. The highest BCUT2D eigenvalue weighted by Crippen LogP contribution is 2.25. The molecule has 0 amide bonds. The Bertz CT molecular complexity index is 533. The van der Waals surface area contributed by atoms with Gasteiger partial charge in [0.15, 0.2) is 0 Å². The van der Waals surface area contributed by atoms with Crippen molar-refractivity contribution in [1.29, 1.82) is 0 Å². The van der Waals surface area contributed by atoms with E-state index in [1.807, 2.05) is 18.2 Å². The van der Waals surface area contributed by atoms with Gasteiger partial charge < -0.3 is 10.5 Å². The third kappa shape index (κ3) is 3.40. The van der Waals surface area contributed by atoms with Crippen LogP contribution in [-0.4, -0.2) is 6.61 Å². The molecular weight excluding hydrogens is 246 g/mol. The molecule has 0 aliphatic rings. The van der Waals surface area contributed by atoms with E-state index < -0.39 is 0 Å². The summed E-state index contributed by atoms with van der Waals surface area (Å²) in [6, 6.07) is 16.4. The summed E-state index contributed by atoms with van der Waals surface area (Å²) in [5.41, 5.74) is 10.0. The van der Waals surface area contributed by atoms with E-state index in [0.717, 1.165) is 30.8 Å². The summed E-state index contributed by atoms with van der Waals surface area (Å²) < 4.78 is 5.60. The molecule has 1 unspecified atom stereocenters. The zero-order valence-corrected chi connectivity index (χ0v) is 12.3. The molecule has 106 valence electrons. The SMILES string of the molecule is CCCOc1ccc(C(N)c2ccccc2CC)cc1. The smallest absolute Gasteiger partial charge is 0.119 e. The van der Waals surface area contributed by atoms with Crippen LogP contribution in [0.3, 0.4) is 0 Å². The Balaban J connectivity index is 2.18. The molecule has 1 atom stereocenters. The molecule has 0 saturated carbocycles. The van der Waals surface area contributed by atoms with Crippen molar-refractivity contribution in [3.63, 3.8) is 0 Å². The van der Waals surface area contributed by atoms with E-state index in [-0.39, 0.29) is 6.04 Å². The second-order valence-electron chi connectivity index (χ2n) is 4.95. The molecule has 2 N–H and O–H groups in total. The molecule has 0 bridgehead atoms. The normalized spacial score (nSPS) is 12.2. The fourth-order valence-corrected chi connectivity index (χ4v) is 2.33. The number of hydrogen-bond acceptors (Lipinski definition) is 2. The Labute approximate surface area is 121 Å².